The van der Waals surface area contributed by atoms with E-state index in [9.17, 15) is 4.79 Å². The number of hydrogen-bond donors (Lipinski definition) is 0. The van der Waals surface area contributed by atoms with Crippen molar-refractivity contribution in [3.05, 3.63) is 33.2 Å². The van der Waals surface area contributed by atoms with Gasteiger partial charge in [-0.05, 0) is 43.2 Å². The molecular formula is C14H18N2O. The summed E-state index contributed by atoms with van der Waals surface area (Å²) in [5.74, 6) is 0.424. The van der Waals surface area contributed by atoms with Crippen molar-refractivity contribution in [2.24, 2.45) is 5.92 Å². The first-order valence-electron chi connectivity index (χ1n) is 6.29. The molecular weight excluding hydrogens is 212 g/mol. The number of aryl methyl sites for hydroxylation is 1. The van der Waals surface area contributed by atoms with Crippen molar-refractivity contribution in [3.63, 3.8) is 0 Å². The molecule has 0 fully saturated rings. The zero-order valence-electron chi connectivity index (χ0n) is 10.5. The van der Waals surface area contributed by atoms with E-state index >= 15 is 0 Å². The highest BCUT2D eigenvalue weighted by Gasteiger charge is 2.17. The fourth-order valence-corrected chi connectivity index (χ4v) is 2.52. The molecule has 0 atom stereocenters. The molecule has 1 aliphatic carbocycles. The molecule has 0 bridgehead atoms. The molecule has 17 heavy (non-hydrogen) atoms. The number of aromatic nitrogens is 1. The van der Waals surface area contributed by atoms with Gasteiger partial charge in [0.1, 0.15) is 11.6 Å². The predicted octanol–water partition coefficient (Wildman–Crippen LogP) is 2.25. The van der Waals surface area contributed by atoms with Crippen LogP contribution in [-0.4, -0.2) is 4.57 Å². The highest BCUT2D eigenvalue weighted by molar-refractivity contribution is 5.35. The Bertz CT molecular complexity index is 520. The Morgan fingerprint density at radius 2 is 2.12 bits per heavy atom. The zero-order valence-corrected chi connectivity index (χ0v) is 10.5. The standard InChI is InChI=1S/C14H18N2O/c1-10(2)9-16-13-6-4-3-5-11(13)7-12(8-15)14(16)17/h7,10H,3-6,9H2,1-2H3. The minimum atomic E-state index is -0.109. The summed E-state index contributed by atoms with van der Waals surface area (Å²) in [5, 5.41) is 9.02. The van der Waals surface area contributed by atoms with E-state index in [-0.39, 0.29) is 5.56 Å². The van der Waals surface area contributed by atoms with Crippen molar-refractivity contribution in [1.29, 1.82) is 5.26 Å². The Hall–Kier alpha value is -1.56. The second kappa shape index (κ2) is 4.75. The number of nitriles is 1. The average Bonchev–Trinajstić information content (AvgIpc) is 2.32. The Balaban J connectivity index is 2.61. The summed E-state index contributed by atoms with van der Waals surface area (Å²) in [6.07, 6.45) is 4.29. The van der Waals surface area contributed by atoms with Gasteiger partial charge in [-0.3, -0.25) is 4.79 Å². The van der Waals surface area contributed by atoms with E-state index < -0.39 is 0 Å². The Kier molecular flexibility index (Phi) is 3.33. The van der Waals surface area contributed by atoms with Crippen LogP contribution in [0.4, 0.5) is 0 Å². The number of pyridine rings is 1. The Morgan fingerprint density at radius 1 is 1.41 bits per heavy atom. The molecule has 2 rings (SSSR count). The highest BCUT2D eigenvalue weighted by Crippen LogP contribution is 2.21. The van der Waals surface area contributed by atoms with Crippen LogP contribution in [0.25, 0.3) is 0 Å². The van der Waals surface area contributed by atoms with Gasteiger partial charge in [0.25, 0.3) is 5.56 Å². The first kappa shape index (κ1) is 11.9. The van der Waals surface area contributed by atoms with Gasteiger partial charge in [-0.2, -0.15) is 5.26 Å². The van der Waals surface area contributed by atoms with Crippen LogP contribution in [0.2, 0.25) is 0 Å². The van der Waals surface area contributed by atoms with Gasteiger partial charge in [-0.15, -0.1) is 0 Å². The van der Waals surface area contributed by atoms with E-state index in [1.807, 2.05) is 10.6 Å². The van der Waals surface area contributed by atoms with E-state index in [0.29, 0.717) is 11.5 Å². The molecule has 1 aromatic rings. The highest BCUT2D eigenvalue weighted by atomic mass is 16.1. The molecule has 1 aromatic heterocycles. The SMILES string of the molecule is CC(C)Cn1c2c(cc(C#N)c1=O)CCCC2. The van der Waals surface area contributed by atoms with Crippen LogP contribution in [0, 0.1) is 17.2 Å². The molecule has 1 heterocycles. The molecule has 0 aliphatic heterocycles. The van der Waals surface area contributed by atoms with Crippen LogP contribution in [-0.2, 0) is 19.4 Å². The minimum absolute atomic E-state index is 0.109. The van der Waals surface area contributed by atoms with Gasteiger partial charge in [0.2, 0.25) is 0 Å². The second-order valence-electron chi connectivity index (χ2n) is 5.16. The van der Waals surface area contributed by atoms with Crippen molar-refractivity contribution in [2.75, 3.05) is 0 Å². The quantitative estimate of drug-likeness (QED) is 0.782. The first-order valence-corrected chi connectivity index (χ1v) is 6.29. The summed E-state index contributed by atoms with van der Waals surface area (Å²) in [4.78, 5) is 12.1. The summed E-state index contributed by atoms with van der Waals surface area (Å²) in [6, 6.07) is 3.82. The van der Waals surface area contributed by atoms with Gasteiger partial charge >= 0.3 is 0 Å². The molecule has 3 nitrogen and oxygen atoms in total. The average molecular weight is 230 g/mol. The van der Waals surface area contributed by atoms with E-state index in [1.165, 1.54) is 5.56 Å². The van der Waals surface area contributed by atoms with Crippen molar-refractivity contribution in [3.8, 4) is 6.07 Å². The smallest absolute Gasteiger partial charge is 0.268 e. The summed E-state index contributed by atoms with van der Waals surface area (Å²) < 4.78 is 1.83. The summed E-state index contributed by atoms with van der Waals surface area (Å²) in [5.41, 5.74) is 2.55. The normalized spacial score (nSPS) is 14.5. The van der Waals surface area contributed by atoms with Gasteiger partial charge in [0.15, 0.2) is 0 Å². The minimum Gasteiger partial charge on any atom is -0.311 e. The van der Waals surface area contributed by atoms with Crippen LogP contribution in [0.5, 0.6) is 0 Å². The summed E-state index contributed by atoms with van der Waals surface area (Å²) in [7, 11) is 0. The molecule has 1 aliphatic rings. The topological polar surface area (TPSA) is 45.8 Å². The monoisotopic (exact) mass is 230 g/mol. The van der Waals surface area contributed by atoms with Gasteiger partial charge in [0, 0.05) is 12.2 Å². The molecule has 0 spiro atoms. The van der Waals surface area contributed by atoms with Crippen LogP contribution < -0.4 is 5.56 Å². The second-order valence-corrected chi connectivity index (χ2v) is 5.16. The van der Waals surface area contributed by atoms with Crippen LogP contribution in [0.1, 0.15) is 43.5 Å². The Morgan fingerprint density at radius 3 is 2.76 bits per heavy atom. The van der Waals surface area contributed by atoms with Crippen molar-refractivity contribution < 1.29 is 0 Å². The van der Waals surface area contributed by atoms with Gasteiger partial charge in [0.05, 0.1) is 0 Å². The molecule has 90 valence electrons. The number of rotatable bonds is 2. The third-order valence-corrected chi connectivity index (χ3v) is 3.27. The largest absolute Gasteiger partial charge is 0.311 e. The van der Waals surface area contributed by atoms with Crippen LogP contribution >= 0.6 is 0 Å². The lowest BCUT2D eigenvalue weighted by Gasteiger charge is -2.22. The van der Waals surface area contributed by atoms with E-state index in [0.717, 1.165) is 37.9 Å². The molecule has 0 saturated carbocycles. The number of fused-ring (bicyclic) bond motifs is 1. The lowest BCUT2D eigenvalue weighted by Crippen LogP contribution is -2.30. The molecule has 0 amide bonds. The van der Waals surface area contributed by atoms with Gasteiger partial charge < -0.3 is 4.57 Å². The molecule has 0 N–H and O–H groups in total. The Labute approximate surface area is 102 Å². The lowest BCUT2D eigenvalue weighted by molar-refractivity contribution is 0.479. The van der Waals surface area contributed by atoms with Crippen molar-refractivity contribution >= 4 is 0 Å². The third-order valence-electron chi connectivity index (χ3n) is 3.27. The molecule has 0 saturated heterocycles. The molecule has 0 radical (unpaired) electrons. The predicted molar refractivity (Wildman–Crippen MR) is 66.9 cm³/mol. The lowest BCUT2D eigenvalue weighted by atomic mass is 9.94. The van der Waals surface area contributed by atoms with Crippen molar-refractivity contribution in [2.45, 2.75) is 46.1 Å². The first-order chi connectivity index (χ1) is 8.13. The number of hydrogen-bond acceptors (Lipinski definition) is 2. The maximum absolute atomic E-state index is 12.1. The van der Waals surface area contributed by atoms with E-state index in [4.69, 9.17) is 5.26 Å². The fourth-order valence-electron chi connectivity index (χ4n) is 2.52. The zero-order chi connectivity index (χ0) is 12.4. The van der Waals surface area contributed by atoms with E-state index in [1.54, 1.807) is 6.07 Å². The summed E-state index contributed by atoms with van der Waals surface area (Å²) >= 11 is 0. The van der Waals surface area contributed by atoms with Gasteiger partial charge in [-0.25, -0.2) is 0 Å². The summed E-state index contributed by atoms with van der Waals surface area (Å²) in [6.45, 7) is 4.91. The maximum atomic E-state index is 12.1. The molecule has 0 aromatic carbocycles. The van der Waals surface area contributed by atoms with Gasteiger partial charge in [-0.1, -0.05) is 13.8 Å². The maximum Gasteiger partial charge on any atom is 0.268 e. The molecule has 3 heteroatoms. The fraction of sp³-hybridized carbons (Fsp3) is 0.571. The van der Waals surface area contributed by atoms with Crippen molar-refractivity contribution in [1.82, 2.24) is 4.57 Å². The third kappa shape index (κ3) is 2.26. The van der Waals surface area contributed by atoms with Crippen LogP contribution in [0.15, 0.2) is 10.9 Å². The van der Waals surface area contributed by atoms with Crippen LogP contribution in [0.3, 0.4) is 0 Å². The molecule has 0 unspecified atom stereocenters. The van der Waals surface area contributed by atoms with E-state index in [2.05, 4.69) is 13.8 Å². The number of nitrogens with zero attached hydrogens (tertiary/aromatic N) is 2.